The van der Waals surface area contributed by atoms with Crippen LogP contribution in [-0.2, 0) is 6.54 Å². The summed E-state index contributed by atoms with van der Waals surface area (Å²) in [5.41, 5.74) is 6.76. The van der Waals surface area contributed by atoms with Gasteiger partial charge in [-0.15, -0.1) is 0 Å². The minimum Gasteiger partial charge on any atom is -0.383 e. The van der Waals surface area contributed by atoms with Gasteiger partial charge in [-0.3, -0.25) is 0 Å². The van der Waals surface area contributed by atoms with Crippen LogP contribution < -0.4 is 5.73 Å². The first kappa shape index (κ1) is 10.2. The smallest absolute Gasteiger partial charge is 0.140 e. The Bertz CT molecular complexity index is 553. The largest absolute Gasteiger partial charge is 0.383 e. The number of aromatic nitrogens is 2. The van der Waals surface area contributed by atoms with Gasteiger partial charge in [0.1, 0.15) is 23.3 Å². The van der Waals surface area contributed by atoms with Gasteiger partial charge in [0.15, 0.2) is 0 Å². The molecule has 80 valence electrons. The zero-order valence-electron chi connectivity index (χ0n) is 8.39. The van der Waals surface area contributed by atoms with Crippen LogP contribution in [0, 0.1) is 17.1 Å². The molecule has 1 aromatic heterocycles. The highest BCUT2D eigenvalue weighted by Gasteiger charge is 2.06. The van der Waals surface area contributed by atoms with Gasteiger partial charge in [-0.1, -0.05) is 12.1 Å². The van der Waals surface area contributed by atoms with Crippen LogP contribution in [0.3, 0.4) is 0 Å². The van der Waals surface area contributed by atoms with Gasteiger partial charge < -0.3 is 5.73 Å². The van der Waals surface area contributed by atoms with Gasteiger partial charge in [0.25, 0.3) is 0 Å². The molecule has 2 rings (SSSR count). The van der Waals surface area contributed by atoms with E-state index >= 15 is 0 Å². The lowest BCUT2D eigenvalue weighted by molar-refractivity contribution is 0.620. The molecule has 0 bridgehead atoms. The Hall–Kier alpha value is -2.35. The standard InChI is InChI=1S/C11H9FN4/c12-10-3-1-2-8(4-10)7-16-11(14)9(5-13)6-15-16/h1-4,6H,7,14H2. The second-order valence-electron chi connectivity index (χ2n) is 3.34. The summed E-state index contributed by atoms with van der Waals surface area (Å²) in [5.74, 6) is -0.00417. The molecule has 16 heavy (non-hydrogen) atoms. The molecule has 0 fully saturated rings. The topological polar surface area (TPSA) is 67.6 Å². The van der Waals surface area contributed by atoms with Crippen molar-refractivity contribution in [1.82, 2.24) is 9.78 Å². The summed E-state index contributed by atoms with van der Waals surface area (Å²) in [6, 6.07) is 8.11. The lowest BCUT2D eigenvalue weighted by Crippen LogP contribution is -2.06. The van der Waals surface area contributed by atoms with Crippen LogP contribution in [-0.4, -0.2) is 9.78 Å². The van der Waals surface area contributed by atoms with Crippen molar-refractivity contribution in [3.05, 3.63) is 47.4 Å². The van der Waals surface area contributed by atoms with Gasteiger partial charge in [0, 0.05) is 0 Å². The van der Waals surface area contributed by atoms with Crippen LogP contribution in [0.4, 0.5) is 10.2 Å². The lowest BCUT2D eigenvalue weighted by Gasteiger charge is -2.04. The second-order valence-corrected chi connectivity index (χ2v) is 3.34. The second kappa shape index (κ2) is 4.03. The first-order valence-corrected chi connectivity index (χ1v) is 4.66. The third-order valence-electron chi connectivity index (χ3n) is 2.22. The van der Waals surface area contributed by atoms with Gasteiger partial charge in [-0.2, -0.15) is 10.4 Å². The van der Waals surface area contributed by atoms with E-state index < -0.39 is 0 Å². The van der Waals surface area contributed by atoms with Crippen molar-refractivity contribution < 1.29 is 4.39 Å². The van der Waals surface area contributed by atoms with Crippen LogP contribution >= 0.6 is 0 Å². The first-order valence-electron chi connectivity index (χ1n) is 4.66. The third kappa shape index (κ3) is 1.86. The molecule has 4 nitrogen and oxygen atoms in total. The molecular weight excluding hydrogens is 207 g/mol. The number of benzene rings is 1. The average molecular weight is 216 g/mol. The van der Waals surface area contributed by atoms with Gasteiger partial charge in [0.05, 0.1) is 12.7 Å². The number of nitrogen functional groups attached to an aromatic ring is 1. The molecule has 0 aliphatic carbocycles. The molecule has 5 heteroatoms. The van der Waals surface area contributed by atoms with E-state index in [1.165, 1.54) is 23.0 Å². The molecule has 1 heterocycles. The van der Waals surface area contributed by atoms with Crippen molar-refractivity contribution in [2.75, 3.05) is 5.73 Å². The first-order chi connectivity index (χ1) is 7.70. The van der Waals surface area contributed by atoms with Crippen LogP contribution in [0.15, 0.2) is 30.5 Å². The third-order valence-corrected chi connectivity index (χ3v) is 2.22. The Balaban J connectivity index is 2.28. The van der Waals surface area contributed by atoms with Crippen molar-refractivity contribution in [3.63, 3.8) is 0 Å². The van der Waals surface area contributed by atoms with E-state index in [4.69, 9.17) is 11.0 Å². The molecule has 1 aromatic carbocycles. The highest BCUT2D eigenvalue weighted by Crippen LogP contribution is 2.12. The number of hydrogen-bond acceptors (Lipinski definition) is 3. The molecule has 0 aliphatic heterocycles. The van der Waals surface area contributed by atoms with E-state index in [-0.39, 0.29) is 5.82 Å². The predicted molar refractivity (Wildman–Crippen MR) is 56.9 cm³/mol. The maximum atomic E-state index is 12.9. The Morgan fingerprint density at radius 3 is 2.94 bits per heavy atom. The Labute approximate surface area is 91.7 Å². The molecule has 0 atom stereocenters. The molecule has 0 aliphatic rings. The molecule has 0 radical (unpaired) electrons. The summed E-state index contributed by atoms with van der Waals surface area (Å²) in [5, 5.41) is 12.7. The Kier molecular flexibility index (Phi) is 2.56. The molecule has 0 unspecified atom stereocenters. The van der Waals surface area contributed by atoms with E-state index in [0.717, 1.165) is 5.56 Å². The van der Waals surface area contributed by atoms with Gasteiger partial charge >= 0.3 is 0 Å². The molecule has 2 N–H and O–H groups in total. The Morgan fingerprint density at radius 1 is 1.50 bits per heavy atom. The highest BCUT2D eigenvalue weighted by atomic mass is 19.1. The van der Waals surface area contributed by atoms with Crippen molar-refractivity contribution >= 4 is 5.82 Å². The zero-order chi connectivity index (χ0) is 11.5. The van der Waals surface area contributed by atoms with Crippen molar-refractivity contribution in [3.8, 4) is 6.07 Å². The van der Waals surface area contributed by atoms with Crippen LogP contribution in [0.1, 0.15) is 11.1 Å². The quantitative estimate of drug-likeness (QED) is 0.827. The zero-order valence-corrected chi connectivity index (χ0v) is 8.39. The number of nitrogens with zero attached hydrogens (tertiary/aromatic N) is 3. The summed E-state index contributed by atoms with van der Waals surface area (Å²) in [6.07, 6.45) is 1.40. The van der Waals surface area contributed by atoms with E-state index in [0.29, 0.717) is 17.9 Å². The normalized spacial score (nSPS) is 10.0. The Morgan fingerprint density at radius 2 is 2.31 bits per heavy atom. The molecule has 0 saturated heterocycles. The van der Waals surface area contributed by atoms with Crippen LogP contribution in [0.25, 0.3) is 0 Å². The van der Waals surface area contributed by atoms with Gasteiger partial charge in [-0.25, -0.2) is 9.07 Å². The van der Waals surface area contributed by atoms with Gasteiger partial charge in [-0.05, 0) is 17.7 Å². The number of halogens is 1. The fraction of sp³-hybridized carbons (Fsp3) is 0.0909. The molecular formula is C11H9FN4. The minimum absolute atomic E-state index is 0.298. The highest BCUT2D eigenvalue weighted by molar-refractivity contribution is 5.47. The number of rotatable bonds is 2. The van der Waals surface area contributed by atoms with E-state index in [1.54, 1.807) is 12.1 Å². The number of hydrogen-bond donors (Lipinski definition) is 1. The average Bonchev–Trinajstić information content (AvgIpc) is 2.60. The summed E-state index contributed by atoms with van der Waals surface area (Å²) in [4.78, 5) is 0. The number of anilines is 1. The predicted octanol–water partition coefficient (Wildman–Crippen LogP) is 1.52. The molecule has 0 amide bonds. The summed E-state index contributed by atoms with van der Waals surface area (Å²) in [7, 11) is 0. The van der Waals surface area contributed by atoms with Crippen LogP contribution in [0.2, 0.25) is 0 Å². The maximum Gasteiger partial charge on any atom is 0.140 e. The monoisotopic (exact) mass is 216 g/mol. The molecule has 0 spiro atoms. The number of nitrogens with two attached hydrogens (primary N) is 1. The van der Waals surface area contributed by atoms with E-state index in [2.05, 4.69) is 5.10 Å². The van der Waals surface area contributed by atoms with Gasteiger partial charge in [0.2, 0.25) is 0 Å². The number of nitriles is 1. The minimum atomic E-state index is -0.302. The lowest BCUT2D eigenvalue weighted by atomic mass is 10.2. The van der Waals surface area contributed by atoms with Crippen molar-refractivity contribution in [1.29, 1.82) is 5.26 Å². The van der Waals surface area contributed by atoms with Crippen LogP contribution in [0.5, 0.6) is 0 Å². The molecule has 0 saturated carbocycles. The fourth-order valence-electron chi connectivity index (χ4n) is 1.42. The summed E-state index contributed by atoms with van der Waals surface area (Å²) in [6.45, 7) is 0.352. The van der Waals surface area contributed by atoms with E-state index in [9.17, 15) is 4.39 Å². The maximum absolute atomic E-state index is 12.9. The summed E-state index contributed by atoms with van der Waals surface area (Å²) >= 11 is 0. The van der Waals surface area contributed by atoms with Crippen molar-refractivity contribution in [2.45, 2.75) is 6.54 Å². The summed E-state index contributed by atoms with van der Waals surface area (Å²) < 4.78 is 14.4. The van der Waals surface area contributed by atoms with E-state index in [1.807, 2.05) is 6.07 Å². The fourth-order valence-corrected chi connectivity index (χ4v) is 1.42. The SMILES string of the molecule is N#Cc1cnn(Cc2cccc(F)c2)c1N. The molecule has 2 aromatic rings. The van der Waals surface area contributed by atoms with Crippen molar-refractivity contribution in [2.24, 2.45) is 0 Å².